The van der Waals surface area contributed by atoms with Crippen molar-refractivity contribution in [1.82, 2.24) is 16.0 Å². The van der Waals surface area contributed by atoms with Gasteiger partial charge in [0.05, 0.1) is 6.04 Å². The van der Waals surface area contributed by atoms with Crippen molar-refractivity contribution in [3.05, 3.63) is 0 Å². The first-order chi connectivity index (χ1) is 7.84. The van der Waals surface area contributed by atoms with E-state index >= 15 is 0 Å². The van der Waals surface area contributed by atoms with Gasteiger partial charge in [0.15, 0.2) is 0 Å². The van der Waals surface area contributed by atoms with Crippen LogP contribution in [0.3, 0.4) is 0 Å². The summed E-state index contributed by atoms with van der Waals surface area (Å²) in [6.45, 7) is 7.74. The number of carbonyl (C=O) groups excluding carboxylic acids is 2. The van der Waals surface area contributed by atoms with Crippen LogP contribution in [0.25, 0.3) is 0 Å². The lowest BCUT2D eigenvalue weighted by molar-refractivity contribution is -0.131. The highest BCUT2D eigenvalue weighted by molar-refractivity contribution is 5.89. The minimum Gasteiger partial charge on any atom is -0.357 e. The van der Waals surface area contributed by atoms with Gasteiger partial charge in [0.2, 0.25) is 11.8 Å². The number of carbonyl (C=O) groups is 2. The lowest BCUT2D eigenvalue weighted by Crippen LogP contribution is -2.55. The van der Waals surface area contributed by atoms with E-state index in [1.807, 2.05) is 27.7 Å². The zero-order valence-electron chi connectivity index (χ0n) is 11.6. The highest BCUT2D eigenvalue weighted by Crippen LogP contribution is 2.05. The first-order valence-corrected chi connectivity index (χ1v) is 6.04. The second kappa shape index (κ2) is 7.27. The van der Waals surface area contributed by atoms with Gasteiger partial charge >= 0.3 is 0 Å². The molecule has 0 aromatic rings. The van der Waals surface area contributed by atoms with E-state index in [2.05, 4.69) is 16.0 Å². The standard InChI is InChI=1S/C12H25N3O2.H2/c1-7(2)9(13-5)12(17)15-10(8(3)4)11(16)14-6;/h7-10,13H,1-6H3,(H,14,16)(H,15,17);1H/t9-,10-;/m0./s1. The van der Waals surface area contributed by atoms with Gasteiger partial charge in [-0.1, -0.05) is 27.7 Å². The topological polar surface area (TPSA) is 70.2 Å². The van der Waals surface area contributed by atoms with Gasteiger partial charge in [-0.25, -0.2) is 0 Å². The Hall–Kier alpha value is -1.10. The van der Waals surface area contributed by atoms with Crippen LogP contribution in [0.15, 0.2) is 0 Å². The smallest absolute Gasteiger partial charge is 0.242 e. The van der Waals surface area contributed by atoms with Gasteiger partial charge in [-0.05, 0) is 18.9 Å². The molecule has 0 aliphatic heterocycles. The molecular formula is C12H27N3O2. The molecule has 0 radical (unpaired) electrons. The second-order valence-corrected chi connectivity index (χ2v) is 4.85. The van der Waals surface area contributed by atoms with Crippen molar-refractivity contribution in [3.8, 4) is 0 Å². The van der Waals surface area contributed by atoms with Gasteiger partial charge in [-0.15, -0.1) is 0 Å². The summed E-state index contributed by atoms with van der Waals surface area (Å²) >= 11 is 0. The van der Waals surface area contributed by atoms with E-state index in [0.29, 0.717) is 0 Å². The van der Waals surface area contributed by atoms with Crippen LogP contribution >= 0.6 is 0 Å². The molecule has 0 heterocycles. The Morgan fingerprint density at radius 3 is 1.65 bits per heavy atom. The first kappa shape index (κ1) is 15.9. The molecule has 0 fully saturated rings. The average molecular weight is 245 g/mol. The normalized spacial score (nSPS) is 14.6. The SMILES string of the molecule is CNC(=O)[C@@H](NC(=O)[C@@H](NC)C(C)C)C(C)C.[HH]. The van der Waals surface area contributed by atoms with E-state index in [0.717, 1.165) is 0 Å². The molecule has 0 aromatic heterocycles. The summed E-state index contributed by atoms with van der Waals surface area (Å²) in [5.74, 6) is -0.0576. The maximum Gasteiger partial charge on any atom is 0.242 e. The summed E-state index contributed by atoms with van der Waals surface area (Å²) in [6.07, 6.45) is 0. The summed E-state index contributed by atoms with van der Waals surface area (Å²) < 4.78 is 0. The maximum absolute atomic E-state index is 12.0. The largest absolute Gasteiger partial charge is 0.357 e. The molecule has 0 saturated carbocycles. The zero-order valence-corrected chi connectivity index (χ0v) is 11.6. The Kier molecular flexibility index (Phi) is 6.80. The zero-order chi connectivity index (χ0) is 13.6. The third-order valence-corrected chi connectivity index (χ3v) is 2.75. The van der Waals surface area contributed by atoms with E-state index in [-0.39, 0.29) is 31.1 Å². The van der Waals surface area contributed by atoms with Crippen LogP contribution in [-0.4, -0.2) is 38.0 Å². The summed E-state index contributed by atoms with van der Waals surface area (Å²) in [5, 5.41) is 8.31. The van der Waals surface area contributed by atoms with E-state index in [4.69, 9.17) is 0 Å². The van der Waals surface area contributed by atoms with Crippen molar-refractivity contribution in [2.45, 2.75) is 39.8 Å². The van der Waals surface area contributed by atoms with Gasteiger partial charge in [-0.2, -0.15) is 0 Å². The summed E-state index contributed by atoms with van der Waals surface area (Å²) in [7, 11) is 3.32. The molecule has 0 bridgehead atoms. The lowest BCUT2D eigenvalue weighted by Gasteiger charge is -2.25. The van der Waals surface area contributed by atoms with Crippen LogP contribution in [0.5, 0.6) is 0 Å². The molecule has 0 saturated heterocycles. The van der Waals surface area contributed by atoms with Crippen LogP contribution < -0.4 is 16.0 Å². The third-order valence-electron chi connectivity index (χ3n) is 2.75. The Bertz CT molecular complexity index is 270. The fraction of sp³-hybridized carbons (Fsp3) is 0.833. The molecule has 2 atom stereocenters. The van der Waals surface area contributed by atoms with Crippen molar-refractivity contribution >= 4 is 11.8 Å². The van der Waals surface area contributed by atoms with E-state index < -0.39 is 6.04 Å². The quantitative estimate of drug-likeness (QED) is 0.633. The molecule has 17 heavy (non-hydrogen) atoms. The predicted octanol–water partition coefficient (Wildman–Crippen LogP) is 0.363. The molecule has 0 rings (SSSR count). The number of nitrogens with one attached hydrogen (secondary N) is 3. The number of hydrogen-bond donors (Lipinski definition) is 3. The molecule has 0 aromatic carbocycles. The molecule has 0 aliphatic carbocycles. The van der Waals surface area contributed by atoms with E-state index in [1.165, 1.54) is 0 Å². The van der Waals surface area contributed by atoms with Crippen molar-refractivity contribution in [1.29, 1.82) is 0 Å². The van der Waals surface area contributed by atoms with Gasteiger partial charge in [0, 0.05) is 8.47 Å². The Morgan fingerprint density at radius 2 is 1.35 bits per heavy atom. The maximum atomic E-state index is 12.0. The Labute approximate surface area is 105 Å². The van der Waals surface area contributed by atoms with Gasteiger partial charge in [0.25, 0.3) is 0 Å². The van der Waals surface area contributed by atoms with Crippen LogP contribution in [0.4, 0.5) is 0 Å². The molecule has 102 valence electrons. The molecule has 3 N–H and O–H groups in total. The van der Waals surface area contributed by atoms with Crippen molar-refractivity contribution in [2.24, 2.45) is 11.8 Å². The minimum atomic E-state index is -0.484. The monoisotopic (exact) mass is 245 g/mol. The summed E-state index contributed by atoms with van der Waals surface area (Å²) in [5.41, 5.74) is 0. The molecule has 0 aliphatic rings. The van der Waals surface area contributed by atoms with E-state index in [9.17, 15) is 9.59 Å². The average Bonchev–Trinajstić information content (AvgIpc) is 2.24. The molecule has 0 unspecified atom stereocenters. The fourth-order valence-electron chi connectivity index (χ4n) is 1.70. The molecule has 5 nitrogen and oxygen atoms in total. The van der Waals surface area contributed by atoms with Crippen LogP contribution in [-0.2, 0) is 9.59 Å². The van der Waals surface area contributed by atoms with Crippen LogP contribution in [0.2, 0.25) is 0 Å². The Balaban J connectivity index is 0. The molecule has 5 heteroatoms. The number of hydrogen-bond acceptors (Lipinski definition) is 3. The van der Waals surface area contributed by atoms with Crippen molar-refractivity contribution in [2.75, 3.05) is 14.1 Å². The van der Waals surface area contributed by atoms with Crippen LogP contribution in [0, 0.1) is 11.8 Å². The van der Waals surface area contributed by atoms with Crippen molar-refractivity contribution in [3.63, 3.8) is 0 Å². The van der Waals surface area contributed by atoms with Gasteiger partial charge < -0.3 is 16.0 Å². The number of likely N-dealkylation sites (N-methyl/N-ethyl adjacent to an activating group) is 2. The van der Waals surface area contributed by atoms with Crippen molar-refractivity contribution < 1.29 is 11.0 Å². The minimum absolute atomic E-state index is 0. The molecular weight excluding hydrogens is 218 g/mol. The number of rotatable bonds is 6. The Morgan fingerprint density at radius 1 is 0.882 bits per heavy atom. The van der Waals surface area contributed by atoms with Gasteiger partial charge in [0.1, 0.15) is 6.04 Å². The highest BCUT2D eigenvalue weighted by Gasteiger charge is 2.27. The lowest BCUT2D eigenvalue weighted by atomic mass is 10.00. The summed E-state index contributed by atoms with van der Waals surface area (Å²) in [6, 6.07) is -0.761. The molecule has 0 spiro atoms. The van der Waals surface area contributed by atoms with Gasteiger partial charge in [-0.3, -0.25) is 9.59 Å². The predicted molar refractivity (Wildman–Crippen MR) is 70.6 cm³/mol. The number of amides is 2. The third kappa shape index (κ3) is 4.73. The van der Waals surface area contributed by atoms with Crippen LogP contribution in [0.1, 0.15) is 29.1 Å². The summed E-state index contributed by atoms with van der Waals surface area (Å²) in [4.78, 5) is 23.6. The van der Waals surface area contributed by atoms with E-state index in [1.54, 1.807) is 14.1 Å². The first-order valence-electron chi connectivity index (χ1n) is 6.04. The highest BCUT2D eigenvalue weighted by atomic mass is 16.2. The fourth-order valence-corrected chi connectivity index (χ4v) is 1.70. The second-order valence-electron chi connectivity index (χ2n) is 4.85. The molecule has 2 amide bonds.